The number of aromatic carboxylic acids is 1. The van der Waals surface area contributed by atoms with Gasteiger partial charge in [0, 0.05) is 0 Å². The summed E-state index contributed by atoms with van der Waals surface area (Å²) in [5.74, 6) is -1.09. The van der Waals surface area contributed by atoms with Crippen molar-refractivity contribution >= 4 is 11.9 Å². The lowest BCUT2D eigenvalue weighted by atomic mass is 10.0. The van der Waals surface area contributed by atoms with Gasteiger partial charge in [-0.2, -0.15) is 0 Å². The summed E-state index contributed by atoms with van der Waals surface area (Å²) in [5, 5.41) is 9.22. The second kappa shape index (κ2) is 10.8. The number of carboxylic acids is 1. The highest BCUT2D eigenvalue weighted by molar-refractivity contribution is 6.02. The molecule has 1 unspecified atom stereocenters. The Bertz CT molecular complexity index is 522. The van der Waals surface area contributed by atoms with E-state index in [1.165, 1.54) is 25.0 Å². The topological polar surface area (TPSA) is 63.6 Å². The number of carboxylic acid groups (broad SMARTS) is 1. The molecule has 4 nitrogen and oxygen atoms in total. The molecule has 0 aliphatic carbocycles. The number of rotatable bonds is 11. The Kier molecular flexibility index (Phi) is 9.13. The normalized spacial score (nSPS) is 12.2. The molecule has 0 amide bonds. The molecule has 1 atom stereocenters. The molecule has 0 aliphatic heterocycles. The summed E-state index contributed by atoms with van der Waals surface area (Å²) >= 11 is 0. The van der Waals surface area contributed by atoms with Gasteiger partial charge in [0.25, 0.3) is 0 Å². The van der Waals surface area contributed by atoms with E-state index in [1.54, 1.807) is 12.1 Å². The first-order valence-electron chi connectivity index (χ1n) is 8.99. The molecule has 0 saturated carbocycles. The third-order valence-corrected chi connectivity index (χ3v) is 4.10. The van der Waals surface area contributed by atoms with E-state index in [0.29, 0.717) is 5.92 Å². The maximum absolute atomic E-state index is 12.4. The largest absolute Gasteiger partial charge is 0.478 e. The van der Waals surface area contributed by atoms with Crippen LogP contribution in [0.1, 0.15) is 86.4 Å². The average molecular weight is 334 g/mol. The molecule has 0 fully saturated rings. The molecule has 0 radical (unpaired) electrons. The van der Waals surface area contributed by atoms with Crippen LogP contribution in [0.25, 0.3) is 0 Å². The van der Waals surface area contributed by atoms with Crippen molar-refractivity contribution in [2.75, 3.05) is 0 Å². The maximum Gasteiger partial charge on any atom is 0.339 e. The number of benzene rings is 1. The van der Waals surface area contributed by atoms with Crippen molar-refractivity contribution in [3.05, 3.63) is 35.4 Å². The fraction of sp³-hybridized carbons (Fsp3) is 0.600. The Hall–Kier alpha value is -1.84. The Labute approximate surface area is 145 Å². The minimum Gasteiger partial charge on any atom is -0.478 e. The van der Waals surface area contributed by atoms with Gasteiger partial charge in [-0.05, 0) is 43.7 Å². The third kappa shape index (κ3) is 7.16. The highest BCUT2D eigenvalue weighted by Crippen LogP contribution is 2.19. The van der Waals surface area contributed by atoms with E-state index in [-0.39, 0.29) is 17.2 Å². The van der Waals surface area contributed by atoms with Crippen molar-refractivity contribution in [1.82, 2.24) is 0 Å². The van der Waals surface area contributed by atoms with Crippen molar-refractivity contribution < 1.29 is 19.4 Å². The smallest absolute Gasteiger partial charge is 0.339 e. The molecule has 134 valence electrons. The molecule has 0 bridgehead atoms. The number of carbonyl (C=O) groups is 2. The Balaban J connectivity index is 2.73. The fourth-order valence-corrected chi connectivity index (χ4v) is 2.64. The standard InChI is InChI=1S/C20H30O4/c1-4-5-6-7-10-16(14-13-15(2)3)24-20(23)18-12-9-8-11-17(18)19(21)22/h8-9,11-12,15-16H,4-7,10,13-14H2,1-3H3,(H,21,22). The monoisotopic (exact) mass is 334 g/mol. The summed E-state index contributed by atoms with van der Waals surface area (Å²) in [6.45, 7) is 6.46. The lowest BCUT2D eigenvalue weighted by molar-refractivity contribution is 0.0237. The second-order valence-electron chi connectivity index (χ2n) is 6.70. The predicted octanol–water partition coefficient (Wildman–Crippen LogP) is 5.32. The van der Waals surface area contributed by atoms with Gasteiger partial charge in [0.1, 0.15) is 6.10 Å². The van der Waals surface area contributed by atoms with Gasteiger partial charge >= 0.3 is 11.9 Å². The van der Waals surface area contributed by atoms with Crippen LogP contribution in [0.5, 0.6) is 0 Å². The highest BCUT2D eigenvalue weighted by Gasteiger charge is 2.21. The first-order chi connectivity index (χ1) is 11.5. The van der Waals surface area contributed by atoms with Gasteiger partial charge in [0.2, 0.25) is 0 Å². The molecule has 1 aromatic carbocycles. The van der Waals surface area contributed by atoms with Crippen molar-refractivity contribution in [2.24, 2.45) is 5.92 Å². The molecule has 0 aliphatic rings. The molecule has 1 N–H and O–H groups in total. The zero-order valence-corrected chi connectivity index (χ0v) is 15.1. The lowest BCUT2D eigenvalue weighted by Crippen LogP contribution is -2.21. The fourth-order valence-electron chi connectivity index (χ4n) is 2.64. The predicted molar refractivity (Wildman–Crippen MR) is 95.4 cm³/mol. The van der Waals surface area contributed by atoms with Crippen LogP contribution in [0.15, 0.2) is 24.3 Å². The van der Waals surface area contributed by atoms with Crippen LogP contribution in [-0.2, 0) is 4.74 Å². The molecule has 4 heteroatoms. The summed E-state index contributed by atoms with van der Waals surface area (Å²) in [6.07, 6.45) is 7.04. The van der Waals surface area contributed by atoms with Crippen LogP contribution in [0.3, 0.4) is 0 Å². The number of hydrogen-bond acceptors (Lipinski definition) is 3. The number of unbranched alkanes of at least 4 members (excludes halogenated alkanes) is 3. The van der Waals surface area contributed by atoms with Crippen molar-refractivity contribution in [3.63, 3.8) is 0 Å². The average Bonchev–Trinajstić information content (AvgIpc) is 2.56. The number of esters is 1. The van der Waals surface area contributed by atoms with E-state index < -0.39 is 11.9 Å². The number of ether oxygens (including phenoxy) is 1. The van der Waals surface area contributed by atoms with E-state index in [1.807, 2.05) is 0 Å². The van der Waals surface area contributed by atoms with Gasteiger partial charge in [-0.1, -0.05) is 52.2 Å². The van der Waals surface area contributed by atoms with Crippen LogP contribution in [0.2, 0.25) is 0 Å². The molecule has 0 spiro atoms. The van der Waals surface area contributed by atoms with Crippen molar-refractivity contribution in [3.8, 4) is 0 Å². The molecule has 1 aromatic rings. The molecule has 1 rings (SSSR count). The zero-order chi connectivity index (χ0) is 17.9. The molecule has 24 heavy (non-hydrogen) atoms. The zero-order valence-electron chi connectivity index (χ0n) is 15.1. The van der Waals surface area contributed by atoms with E-state index >= 15 is 0 Å². The molecule has 0 saturated heterocycles. The number of carbonyl (C=O) groups excluding carboxylic acids is 1. The van der Waals surface area contributed by atoms with Crippen molar-refractivity contribution in [2.45, 2.75) is 71.8 Å². The summed E-state index contributed by atoms with van der Waals surface area (Å²) in [7, 11) is 0. The first kappa shape index (κ1) is 20.2. The summed E-state index contributed by atoms with van der Waals surface area (Å²) < 4.78 is 5.66. The molecule has 0 aromatic heterocycles. The Morgan fingerprint density at radius 2 is 1.67 bits per heavy atom. The van der Waals surface area contributed by atoms with E-state index in [0.717, 1.165) is 32.1 Å². The Morgan fingerprint density at radius 3 is 2.25 bits per heavy atom. The van der Waals surface area contributed by atoms with Crippen LogP contribution < -0.4 is 0 Å². The SMILES string of the molecule is CCCCCCC(CCC(C)C)OC(=O)c1ccccc1C(=O)O. The van der Waals surface area contributed by atoms with Gasteiger partial charge in [0.05, 0.1) is 11.1 Å². The van der Waals surface area contributed by atoms with Gasteiger partial charge in [-0.15, -0.1) is 0 Å². The highest BCUT2D eigenvalue weighted by atomic mass is 16.5. The minimum atomic E-state index is -1.11. The van der Waals surface area contributed by atoms with E-state index in [2.05, 4.69) is 20.8 Å². The molecular weight excluding hydrogens is 304 g/mol. The van der Waals surface area contributed by atoms with Crippen LogP contribution >= 0.6 is 0 Å². The van der Waals surface area contributed by atoms with Gasteiger partial charge < -0.3 is 9.84 Å². The maximum atomic E-state index is 12.4. The molecule has 0 heterocycles. The quantitative estimate of drug-likeness (QED) is 0.439. The minimum absolute atomic E-state index is 0.00362. The molecular formula is C20H30O4. The Morgan fingerprint density at radius 1 is 1.00 bits per heavy atom. The van der Waals surface area contributed by atoms with Crippen LogP contribution in [0, 0.1) is 5.92 Å². The third-order valence-electron chi connectivity index (χ3n) is 4.10. The van der Waals surface area contributed by atoms with Gasteiger partial charge in [-0.3, -0.25) is 0 Å². The summed E-state index contributed by atoms with van der Waals surface area (Å²) in [5.41, 5.74) is 0.129. The summed E-state index contributed by atoms with van der Waals surface area (Å²) in [6, 6.07) is 6.22. The van der Waals surface area contributed by atoms with Gasteiger partial charge in [0.15, 0.2) is 0 Å². The van der Waals surface area contributed by atoms with E-state index in [4.69, 9.17) is 4.74 Å². The van der Waals surface area contributed by atoms with E-state index in [9.17, 15) is 14.7 Å². The second-order valence-corrected chi connectivity index (χ2v) is 6.70. The first-order valence-corrected chi connectivity index (χ1v) is 8.99. The number of hydrogen-bond donors (Lipinski definition) is 1. The summed E-state index contributed by atoms with van der Waals surface area (Å²) in [4.78, 5) is 23.7. The van der Waals surface area contributed by atoms with Crippen LogP contribution in [0.4, 0.5) is 0 Å². The van der Waals surface area contributed by atoms with Crippen molar-refractivity contribution in [1.29, 1.82) is 0 Å². The van der Waals surface area contributed by atoms with Gasteiger partial charge in [-0.25, -0.2) is 9.59 Å². The van der Waals surface area contributed by atoms with Crippen LogP contribution in [-0.4, -0.2) is 23.1 Å². The lowest BCUT2D eigenvalue weighted by Gasteiger charge is -2.19.